The van der Waals surface area contributed by atoms with E-state index in [1.165, 1.54) is 103 Å². The molecule has 140 valence electrons. The summed E-state index contributed by atoms with van der Waals surface area (Å²) < 4.78 is 6.62. The molecular weight excluding hydrogens is 280 g/mol. The monoisotopic (exact) mass is 326 g/mol. The zero-order valence-electron chi connectivity index (χ0n) is 16.9. The minimum absolute atomic E-state index is 0.528. The first-order chi connectivity index (χ1) is 11.3. The number of hydrogen-bond acceptors (Lipinski definition) is 1. The molecule has 0 amide bonds. The van der Waals surface area contributed by atoms with E-state index < -0.39 is 0 Å². The lowest BCUT2D eigenvalue weighted by atomic mass is 10.0. The van der Waals surface area contributed by atoms with Crippen molar-refractivity contribution in [2.24, 2.45) is 0 Å². The molecule has 0 bridgehead atoms. The Labute approximate surface area is 148 Å². The van der Waals surface area contributed by atoms with E-state index in [0.717, 1.165) is 0 Å². The third kappa shape index (κ3) is 15.2. The van der Waals surface area contributed by atoms with Gasteiger partial charge in [0.25, 0.3) is 0 Å². The van der Waals surface area contributed by atoms with E-state index in [2.05, 4.69) is 27.7 Å². The summed E-state index contributed by atoms with van der Waals surface area (Å²) in [4.78, 5) is 0. The summed E-state index contributed by atoms with van der Waals surface area (Å²) in [7, 11) is 0. The SMILES string of the molecule is CCCCCCC(CCCC)OC(CCCC)CCCCCC. The van der Waals surface area contributed by atoms with Crippen LogP contribution >= 0.6 is 0 Å². The Kier molecular flexibility index (Phi) is 18.3. The first-order valence-corrected chi connectivity index (χ1v) is 10.9. The molecule has 0 aromatic heterocycles. The van der Waals surface area contributed by atoms with E-state index in [1.54, 1.807) is 0 Å². The van der Waals surface area contributed by atoms with Gasteiger partial charge in [0.15, 0.2) is 0 Å². The third-order valence-electron chi connectivity index (χ3n) is 4.90. The lowest BCUT2D eigenvalue weighted by Crippen LogP contribution is -2.23. The summed E-state index contributed by atoms with van der Waals surface area (Å²) in [5.41, 5.74) is 0. The molecule has 0 aliphatic heterocycles. The number of rotatable bonds is 18. The molecule has 0 heterocycles. The van der Waals surface area contributed by atoms with Gasteiger partial charge in [-0.3, -0.25) is 0 Å². The average Bonchev–Trinajstić information content (AvgIpc) is 2.57. The van der Waals surface area contributed by atoms with Crippen LogP contribution in [-0.4, -0.2) is 12.2 Å². The molecule has 0 N–H and O–H groups in total. The number of unbranched alkanes of at least 4 members (excludes halogenated alkanes) is 8. The molecule has 23 heavy (non-hydrogen) atoms. The van der Waals surface area contributed by atoms with Crippen molar-refractivity contribution in [3.63, 3.8) is 0 Å². The first kappa shape index (κ1) is 23.0. The Morgan fingerprint density at radius 2 is 0.783 bits per heavy atom. The fourth-order valence-electron chi connectivity index (χ4n) is 3.29. The van der Waals surface area contributed by atoms with Gasteiger partial charge in [-0.25, -0.2) is 0 Å². The van der Waals surface area contributed by atoms with Gasteiger partial charge in [-0.1, -0.05) is 105 Å². The van der Waals surface area contributed by atoms with Gasteiger partial charge in [0.2, 0.25) is 0 Å². The first-order valence-electron chi connectivity index (χ1n) is 10.9. The highest BCUT2D eigenvalue weighted by molar-refractivity contribution is 4.66. The van der Waals surface area contributed by atoms with Gasteiger partial charge in [-0.2, -0.15) is 0 Å². The van der Waals surface area contributed by atoms with Gasteiger partial charge in [-0.05, 0) is 25.7 Å². The van der Waals surface area contributed by atoms with Crippen LogP contribution in [0.3, 0.4) is 0 Å². The molecule has 0 aliphatic rings. The highest BCUT2D eigenvalue weighted by atomic mass is 16.5. The molecule has 0 saturated carbocycles. The Bertz CT molecular complexity index is 192. The van der Waals surface area contributed by atoms with E-state index in [1.807, 2.05) is 0 Å². The normalized spacial score (nSPS) is 14.1. The Hall–Kier alpha value is -0.0400. The highest BCUT2D eigenvalue weighted by Crippen LogP contribution is 2.21. The summed E-state index contributed by atoms with van der Waals surface area (Å²) in [6, 6.07) is 0. The van der Waals surface area contributed by atoms with E-state index in [-0.39, 0.29) is 0 Å². The molecule has 0 radical (unpaired) electrons. The second-order valence-corrected chi connectivity index (χ2v) is 7.36. The largest absolute Gasteiger partial charge is 0.375 e. The van der Waals surface area contributed by atoms with Gasteiger partial charge in [0.1, 0.15) is 0 Å². The maximum absolute atomic E-state index is 6.62. The van der Waals surface area contributed by atoms with Crippen LogP contribution < -0.4 is 0 Å². The number of hydrogen-bond donors (Lipinski definition) is 0. The van der Waals surface area contributed by atoms with Gasteiger partial charge < -0.3 is 4.74 Å². The molecule has 0 saturated heterocycles. The van der Waals surface area contributed by atoms with Gasteiger partial charge in [0, 0.05) is 0 Å². The summed E-state index contributed by atoms with van der Waals surface area (Å²) in [5.74, 6) is 0. The zero-order chi connectivity index (χ0) is 17.2. The fourth-order valence-corrected chi connectivity index (χ4v) is 3.29. The van der Waals surface area contributed by atoms with Crippen LogP contribution in [0.5, 0.6) is 0 Å². The molecule has 0 fully saturated rings. The van der Waals surface area contributed by atoms with E-state index in [0.29, 0.717) is 12.2 Å². The second-order valence-electron chi connectivity index (χ2n) is 7.36. The van der Waals surface area contributed by atoms with Crippen molar-refractivity contribution < 1.29 is 4.74 Å². The molecule has 2 atom stereocenters. The van der Waals surface area contributed by atoms with Crippen molar-refractivity contribution in [2.45, 2.75) is 143 Å². The van der Waals surface area contributed by atoms with Crippen LogP contribution in [0.25, 0.3) is 0 Å². The smallest absolute Gasteiger partial charge is 0.0578 e. The van der Waals surface area contributed by atoms with Crippen LogP contribution in [0.1, 0.15) is 130 Å². The molecule has 2 unspecified atom stereocenters. The summed E-state index contributed by atoms with van der Waals surface area (Å²) >= 11 is 0. The Morgan fingerprint density at radius 1 is 0.435 bits per heavy atom. The molecular formula is C22H46O. The van der Waals surface area contributed by atoms with Crippen molar-refractivity contribution in [1.82, 2.24) is 0 Å². The van der Waals surface area contributed by atoms with Crippen LogP contribution in [-0.2, 0) is 4.74 Å². The predicted octanol–water partition coefficient (Wildman–Crippen LogP) is 8.06. The van der Waals surface area contributed by atoms with Crippen LogP contribution in [0.15, 0.2) is 0 Å². The van der Waals surface area contributed by atoms with E-state index in [9.17, 15) is 0 Å². The van der Waals surface area contributed by atoms with Gasteiger partial charge in [0.05, 0.1) is 12.2 Å². The average molecular weight is 327 g/mol. The number of ether oxygens (including phenoxy) is 1. The Morgan fingerprint density at radius 3 is 1.13 bits per heavy atom. The Balaban J connectivity index is 4.23. The lowest BCUT2D eigenvalue weighted by Gasteiger charge is -2.25. The van der Waals surface area contributed by atoms with Crippen molar-refractivity contribution in [1.29, 1.82) is 0 Å². The van der Waals surface area contributed by atoms with Crippen molar-refractivity contribution in [3.05, 3.63) is 0 Å². The molecule has 0 aromatic rings. The van der Waals surface area contributed by atoms with Crippen molar-refractivity contribution in [2.75, 3.05) is 0 Å². The summed E-state index contributed by atoms with van der Waals surface area (Å²) in [6.45, 7) is 9.19. The van der Waals surface area contributed by atoms with E-state index in [4.69, 9.17) is 4.74 Å². The zero-order valence-corrected chi connectivity index (χ0v) is 16.9. The highest BCUT2D eigenvalue weighted by Gasteiger charge is 2.16. The van der Waals surface area contributed by atoms with Gasteiger partial charge in [-0.15, -0.1) is 0 Å². The van der Waals surface area contributed by atoms with Crippen molar-refractivity contribution >= 4 is 0 Å². The maximum atomic E-state index is 6.62. The van der Waals surface area contributed by atoms with Crippen LogP contribution in [0.4, 0.5) is 0 Å². The molecule has 1 heteroatoms. The topological polar surface area (TPSA) is 9.23 Å². The minimum Gasteiger partial charge on any atom is -0.375 e. The van der Waals surface area contributed by atoms with Crippen molar-refractivity contribution in [3.8, 4) is 0 Å². The summed E-state index contributed by atoms with van der Waals surface area (Å²) in [6.07, 6.45) is 22.4. The standard InChI is InChI=1S/C22H46O/c1-5-9-13-15-19-21(17-11-7-3)23-22(18-12-8-4)20-16-14-10-6-2/h21-22H,5-20H2,1-4H3. The molecule has 1 nitrogen and oxygen atoms in total. The summed E-state index contributed by atoms with van der Waals surface area (Å²) in [5, 5.41) is 0. The van der Waals surface area contributed by atoms with Gasteiger partial charge >= 0.3 is 0 Å². The molecule has 0 spiro atoms. The molecule has 0 rings (SSSR count). The quantitative estimate of drug-likeness (QED) is 0.231. The van der Waals surface area contributed by atoms with Crippen LogP contribution in [0.2, 0.25) is 0 Å². The second kappa shape index (κ2) is 18.3. The minimum atomic E-state index is 0.528. The van der Waals surface area contributed by atoms with E-state index >= 15 is 0 Å². The fraction of sp³-hybridized carbons (Fsp3) is 1.00. The molecule has 0 aromatic carbocycles. The lowest BCUT2D eigenvalue weighted by molar-refractivity contribution is -0.0320. The van der Waals surface area contributed by atoms with Crippen LogP contribution in [0, 0.1) is 0 Å². The third-order valence-corrected chi connectivity index (χ3v) is 4.90. The molecule has 0 aliphatic carbocycles. The predicted molar refractivity (Wildman–Crippen MR) is 105 cm³/mol. The maximum Gasteiger partial charge on any atom is 0.0578 e.